The zero-order valence-electron chi connectivity index (χ0n) is 23.3. The Morgan fingerprint density at radius 2 is 1.81 bits per heavy atom. The number of piperidine rings is 1. The molecule has 0 aromatic carbocycles. The second-order valence-electron chi connectivity index (χ2n) is 12.3. The largest absolute Gasteiger partial charge is 0.495 e. The quantitative estimate of drug-likeness (QED) is 0.218. The second kappa shape index (κ2) is 13.8. The van der Waals surface area contributed by atoms with Crippen molar-refractivity contribution >= 4 is 5.97 Å². The van der Waals surface area contributed by atoms with Crippen LogP contribution in [0.3, 0.4) is 0 Å². The molecule has 1 aliphatic heterocycles. The van der Waals surface area contributed by atoms with Crippen LogP contribution in [0.25, 0.3) is 0 Å². The van der Waals surface area contributed by atoms with Gasteiger partial charge in [-0.2, -0.15) is 0 Å². The molecule has 4 nitrogen and oxygen atoms in total. The maximum atomic E-state index is 12.0. The number of hydrogen-bond donors (Lipinski definition) is 0. The normalized spacial score (nSPS) is 27.7. The average molecular weight is 498 g/mol. The SMILES string of the molecule is CCOC(=O)C1CCN(CC2=CC3=CC=C(O[C@H]4CC[C@H](CCCCC(C)C)CC4)CC3CC2)CC1. The number of carbonyl (C=O) groups is 1. The molecule has 1 saturated carbocycles. The number of ether oxygens (including phenoxy) is 2. The summed E-state index contributed by atoms with van der Waals surface area (Å²) in [5, 5.41) is 0. The van der Waals surface area contributed by atoms with Crippen molar-refractivity contribution in [1.29, 1.82) is 0 Å². The molecule has 4 aliphatic rings. The summed E-state index contributed by atoms with van der Waals surface area (Å²) in [7, 11) is 0. The molecule has 4 heteroatoms. The van der Waals surface area contributed by atoms with Crippen molar-refractivity contribution in [2.24, 2.45) is 23.7 Å². The Bertz CT molecular complexity index is 794. The lowest BCUT2D eigenvalue weighted by molar-refractivity contribution is -0.149. The van der Waals surface area contributed by atoms with E-state index in [2.05, 4.69) is 37.0 Å². The lowest BCUT2D eigenvalue weighted by atomic mass is 9.80. The van der Waals surface area contributed by atoms with E-state index < -0.39 is 0 Å². The Morgan fingerprint density at radius 3 is 2.53 bits per heavy atom. The highest BCUT2D eigenvalue weighted by molar-refractivity contribution is 5.72. The van der Waals surface area contributed by atoms with Crippen molar-refractivity contribution < 1.29 is 14.3 Å². The Morgan fingerprint density at radius 1 is 1.03 bits per heavy atom. The highest BCUT2D eigenvalue weighted by atomic mass is 16.5. The van der Waals surface area contributed by atoms with E-state index in [1.807, 2.05) is 6.92 Å². The minimum absolute atomic E-state index is 0.000750. The molecular weight excluding hydrogens is 446 g/mol. The molecule has 1 heterocycles. The standard InChI is InChI=1S/C32H51NO3/c1-4-35-32(34)27-17-19-33(20-18-27)23-26-9-12-29-22-31(16-13-28(29)21-26)36-30-14-10-25(11-15-30)8-6-5-7-24(2)3/h13,16,21,24-25,27,29-30H,4-12,14-15,17-20,22-23H2,1-3H3/t25-,29?,30-. The second-order valence-corrected chi connectivity index (χ2v) is 12.3. The van der Waals surface area contributed by atoms with E-state index in [0.29, 0.717) is 18.6 Å². The van der Waals surface area contributed by atoms with Crippen molar-refractivity contribution in [3.05, 3.63) is 35.1 Å². The van der Waals surface area contributed by atoms with E-state index >= 15 is 0 Å². The topological polar surface area (TPSA) is 38.8 Å². The molecule has 36 heavy (non-hydrogen) atoms. The molecule has 202 valence electrons. The lowest BCUT2D eigenvalue weighted by Gasteiger charge is -2.35. The van der Waals surface area contributed by atoms with Gasteiger partial charge in [0.2, 0.25) is 0 Å². The summed E-state index contributed by atoms with van der Waals surface area (Å²) in [5.41, 5.74) is 3.05. The maximum Gasteiger partial charge on any atom is 0.309 e. The summed E-state index contributed by atoms with van der Waals surface area (Å²) in [5.74, 6) is 3.73. The van der Waals surface area contributed by atoms with Crippen LogP contribution in [0, 0.1) is 23.7 Å². The third-order valence-electron chi connectivity index (χ3n) is 8.96. The predicted molar refractivity (Wildman–Crippen MR) is 148 cm³/mol. The monoisotopic (exact) mass is 497 g/mol. The molecule has 1 saturated heterocycles. The van der Waals surface area contributed by atoms with Crippen LogP contribution >= 0.6 is 0 Å². The fraction of sp³-hybridized carbons (Fsp3) is 0.781. The molecule has 0 aromatic rings. The Balaban J connectivity index is 1.18. The fourth-order valence-corrected chi connectivity index (χ4v) is 6.68. The van der Waals surface area contributed by atoms with Gasteiger partial charge < -0.3 is 9.47 Å². The zero-order valence-corrected chi connectivity index (χ0v) is 23.3. The van der Waals surface area contributed by atoms with Crippen LogP contribution in [-0.2, 0) is 14.3 Å². The zero-order chi connectivity index (χ0) is 25.3. The molecule has 1 atom stereocenters. The molecule has 0 spiro atoms. The van der Waals surface area contributed by atoms with Gasteiger partial charge in [0.05, 0.1) is 24.4 Å². The van der Waals surface area contributed by atoms with Crippen molar-refractivity contribution in [2.45, 2.75) is 110 Å². The van der Waals surface area contributed by atoms with Crippen LogP contribution in [0.2, 0.25) is 0 Å². The van der Waals surface area contributed by atoms with Crippen molar-refractivity contribution in [3.8, 4) is 0 Å². The Labute approximate surface area is 220 Å². The molecule has 3 aliphatic carbocycles. The van der Waals surface area contributed by atoms with E-state index in [0.717, 1.165) is 50.7 Å². The molecule has 1 unspecified atom stereocenters. The van der Waals surface area contributed by atoms with Crippen LogP contribution in [0.4, 0.5) is 0 Å². The highest BCUT2D eigenvalue weighted by Gasteiger charge is 2.29. The van der Waals surface area contributed by atoms with Gasteiger partial charge in [0, 0.05) is 13.0 Å². The maximum absolute atomic E-state index is 12.0. The first-order valence-corrected chi connectivity index (χ1v) is 15.2. The number of likely N-dealkylation sites (tertiary alicyclic amines) is 1. The van der Waals surface area contributed by atoms with E-state index in [4.69, 9.17) is 9.47 Å². The first-order chi connectivity index (χ1) is 17.5. The number of allylic oxidation sites excluding steroid dienone is 5. The molecule has 2 fully saturated rings. The fourth-order valence-electron chi connectivity index (χ4n) is 6.68. The number of hydrogen-bond acceptors (Lipinski definition) is 4. The smallest absolute Gasteiger partial charge is 0.309 e. The third-order valence-corrected chi connectivity index (χ3v) is 8.96. The third kappa shape index (κ3) is 8.23. The molecule has 0 radical (unpaired) electrons. The number of unbranched alkanes of at least 4 members (excludes halogenated alkanes) is 1. The number of rotatable bonds is 11. The van der Waals surface area contributed by atoms with Crippen LogP contribution in [0.5, 0.6) is 0 Å². The van der Waals surface area contributed by atoms with Gasteiger partial charge in [-0.25, -0.2) is 0 Å². The van der Waals surface area contributed by atoms with Crippen molar-refractivity contribution in [2.75, 3.05) is 26.2 Å². The van der Waals surface area contributed by atoms with E-state index in [1.54, 1.807) is 5.57 Å². The number of esters is 1. The lowest BCUT2D eigenvalue weighted by Crippen LogP contribution is -2.38. The first kappa shape index (κ1) is 27.5. The van der Waals surface area contributed by atoms with Crippen LogP contribution in [-0.4, -0.2) is 43.2 Å². The molecule has 0 N–H and O–H groups in total. The van der Waals surface area contributed by atoms with Crippen molar-refractivity contribution in [3.63, 3.8) is 0 Å². The van der Waals surface area contributed by atoms with Gasteiger partial charge in [0.25, 0.3) is 0 Å². The minimum Gasteiger partial charge on any atom is -0.495 e. The van der Waals surface area contributed by atoms with Gasteiger partial charge in [-0.05, 0) is 101 Å². The van der Waals surface area contributed by atoms with Gasteiger partial charge in [-0.1, -0.05) is 57.3 Å². The van der Waals surface area contributed by atoms with E-state index in [1.165, 1.54) is 75.5 Å². The molecule has 0 bridgehead atoms. The summed E-state index contributed by atoms with van der Waals surface area (Å²) in [6.07, 6.45) is 23.7. The summed E-state index contributed by atoms with van der Waals surface area (Å²) in [4.78, 5) is 14.5. The number of nitrogens with zero attached hydrogens (tertiary/aromatic N) is 1. The first-order valence-electron chi connectivity index (χ1n) is 15.2. The summed E-state index contributed by atoms with van der Waals surface area (Å²) in [6, 6.07) is 0. The van der Waals surface area contributed by atoms with Gasteiger partial charge in [0.15, 0.2) is 0 Å². The molecular formula is C32H51NO3. The molecule has 0 amide bonds. The minimum atomic E-state index is -0.000750. The Kier molecular flexibility index (Phi) is 10.6. The summed E-state index contributed by atoms with van der Waals surface area (Å²) in [6.45, 7) is 10.1. The van der Waals surface area contributed by atoms with Crippen LogP contribution in [0.1, 0.15) is 104 Å². The number of fused-ring (bicyclic) bond motifs is 1. The predicted octanol–water partition coefficient (Wildman–Crippen LogP) is 7.60. The van der Waals surface area contributed by atoms with Crippen LogP contribution in [0.15, 0.2) is 35.1 Å². The van der Waals surface area contributed by atoms with Gasteiger partial charge in [-0.3, -0.25) is 9.69 Å². The molecule has 0 aromatic heterocycles. The Hall–Kier alpha value is -1.55. The summed E-state index contributed by atoms with van der Waals surface area (Å²) < 4.78 is 11.8. The van der Waals surface area contributed by atoms with Gasteiger partial charge in [-0.15, -0.1) is 0 Å². The summed E-state index contributed by atoms with van der Waals surface area (Å²) >= 11 is 0. The van der Waals surface area contributed by atoms with Crippen molar-refractivity contribution in [1.82, 2.24) is 4.90 Å². The van der Waals surface area contributed by atoms with E-state index in [9.17, 15) is 4.79 Å². The van der Waals surface area contributed by atoms with Crippen LogP contribution < -0.4 is 0 Å². The van der Waals surface area contributed by atoms with Gasteiger partial charge >= 0.3 is 5.97 Å². The highest BCUT2D eigenvalue weighted by Crippen LogP contribution is 2.38. The average Bonchev–Trinajstić information content (AvgIpc) is 2.88. The van der Waals surface area contributed by atoms with E-state index in [-0.39, 0.29) is 11.9 Å². The number of carbonyl (C=O) groups excluding carboxylic acids is 1. The van der Waals surface area contributed by atoms with Gasteiger partial charge in [0.1, 0.15) is 0 Å². The molecule has 4 rings (SSSR count).